The molecule has 0 aromatic heterocycles. The van der Waals surface area contributed by atoms with E-state index in [2.05, 4.69) is 41.0 Å². The Morgan fingerprint density at radius 3 is 2.60 bits per heavy atom. The first kappa shape index (κ1) is 13.6. The lowest BCUT2D eigenvalue weighted by Crippen LogP contribution is -2.46. The van der Waals surface area contributed by atoms with Crippen molar-refractivity contribution in [2.24, 2.45) is 0 Å². The van der Waals surface area contributed by atoms with Gasteiger partial charge in [0.25, 0.3) is 0 Å². The average molecular weight is 272 g/mol. The van der Waals surface area contributed by atoms with Crippen molar-refractivity contribution >= 4 is 5.91 Å². The molecule has 1 saturated carbocycles. The smallest absolute Gasteiger partial charge is 0.237 e. The lowest BCUT2D eigenvalue weighted by atomic mass is 9.79. The Labute approximate surface area is 121 Å². The van der Waals surface area contributed by atoms with Crippen molar-refractivity contribution in [3.05, 3.63) is 35.9 Å². The quantitative estimate of drug-likeness (QED) is 0.883. The summed E-state index contributed by atoms with van der Waals surface area (Å²) in [6, 6.07) is 10.7. The van der Waals surface area contributed by atoms with Crippen molar-refractivity contribution in [2.75, 3.05) is 13.1 Å². The van der Waals surface area contributed by atoms with Gasteiger partial charge < -0.3 is 10.6 Å². The third-order valence-corrected chi connectivity index (χ3v) is 4.92. The minimum Gasteiger partial charge on any atom is -0.354 e. The van der Waals surface area contributed by atoms with Crippen LogP contribution in [0.15, 0.2) is 30.3 Å². The predicted octanol–water partition coefficient (Wildman–Crippen LogP) is 2.37. The fraction of sp³-hybridized carbons (Fsp3) is 0.588. The number of carbonyl (C=O) groups excluding carboxylic acids is 1. The molecule has 2 N–H and O–H groups in total. The lowest BCUT2D eigenvalue weighted by Gasteiger charge is -2.30. The molecule has 20 heavy (non-hydrogen) atoms. The lowest BCUT2D eigenvalue weighted by molar-refractivity contribution is -0.123. The van der Waals surface area contributed by atoms with E-state index < -0.39 is 0 Å². The molecule has 0 spiro atoms. The zero-order valence-corrected chi connectivity index (χ0v) is 12.0. The predicted molar refractivity (Wildman–Crippen MR) is 80.6 cm³/mol. The molecule has 1 heterocycles. The van der Waals surface area contributed by atoms with E-state index in [1.165, 1.54) is 31.2 Å². The summed E-state index contributed by atoms with van der Waals surface area (Å²) >= 11 is 0. The summed E-state index contributed by atoms with van der Waals surface area (Å²) in [6.07, 6.45) is 7.01. The Balaban J connectivity index is 1.67. The number of carbonyl (C=O) groups is 1. The van der Waals surface area contributed by atoms with Gasteiger partial charge in [0, 0.05) is 12.0 Å². The summed E-state index contributed by atoms with van der Waals surface area (Å²) in [7, 11) is 0. The zero-order chi connectivity index (χ0) is 13.8. The highest BCUT2D eigenvalue weighted by molar-refractivity contribution is 5.82. The van der Waals surface area contributed by atoms with Crippen molar-refractivity contribution in [1.82, 2.24) is 10.6 Å². The Kier molecular flexibility index (Phi) is 4.06. The first-order valence-electron chi connectivity index (χ1n) is 7.87. The second-order valence-corrected chi connectivity index (χ2v) is 6.22. The van der Waals surface area contributed by atoms with Crippen LogP contribution in [0.5, 0.6) is 0 Å². The molecule has 2 fully saturated rings. The van der Waals surface area contributed by atoms with E-state index in [9.17, 15) is 4.79 Å². The maximum atomic E-state index is 12.2. The number of benzene rings is 1. The van der Waals surface area contributed by atoms with Gasteiger partial charge in [0.05, 0.1) is 6.04 Å². The molecule has 1 atom stereocenters. The molecular weight excluding hydrogens is 248 g/mol. The SMILES string of the molecule is O=C(NCC1(c2ccccc2)CCCC1)C1CCCN1. The molecule has 1 aromatic carbocycles. The molecule has 1 saturated heterocycles. The van der Waals surface area contributed by atoms with Crippen molar-refractivity contribution in [3.63, 3.8) is 0 Å². The van der Waals surface area contributed by atoms with Crippen LogP contribution in [0.1, 0.15) is 44.1 Å². The zero-order valence-electron chi connectivity index (χ0n) is 12.0. The summed E-state index contributed by atoms with van der Waals surface area (Å²) in [4.78, 5) is 12.2. The van der Waals surface area contributed by atoms with Gasteiger partial charge in [-0.1, -0.05) is 43.2 Å². The van der Waals surface area contributed by atoms with E-state index in [0.717, 1.165) is 25.9 Å². The highest BCUT2D eigenvalue weighted by atomic mass is 16.2. The molecule has 1 amide bonds. The van der Waals surface area contributed by atoms with Gasteiger partial charge in [0.15, 0.2) is 0 Å². The van der Waals surface area contributed by atoms with Crippen LogP contribution in [0.2, 0.25) is 0 Å². The van der Waals surface area contributed by atoms with E-state index in [1.54, 1.807) is 0 Å². The minimum atomic E-state index is 0.0317. The van der Waals surface area contributed by atoms with Crippen LogP contribution in [-0.4, -0.2) is 25.0 Å². The maximum Gasteiger partial charge on any atom is 0.237 e. The number of hydrogen-bond donors (Lipinski definition) is 2. The third-order valence-electron chi connectivity index (χ3n) is 4.92. The molecule has 3 heteroatoms. The van der Waals surface area contributed by atoms with Gasteiger partial charge >= 0.3 is 0 Å². The van der Waals surface area contributed by atoms with Crippen molar-refractivity contribution in [3.8, 4) is 0 Å². The summed E-state index contributed by atoms with van der Waals surface area (Å²) in [5.74, 6) is 0.185. The first-order chi connectivity index (χ1) is 9.80. The summed E-state index contributed by atoms with van der Waals surface area (Å²) in [5, 5.41) is 6.48. The first-order valence-corrected chi connectivity index (χ1v) is 7.87. The summed E-state index contributed by atoms with van der Waals surface area (Å²) in [5.41, 5.74) is 1.55. The van der Waals surface area contributed by atoms with Crippen molar-refractivity contribution in [2.45, 2.75) is 50.0 Å². The van der Waals surface area contributed by atoms with Crippen molar-refractivity contribution < 1.29 is 4.79 Å². The molecule has 3 nitrogen and oxygen atoms in total. The normalized spacial score (nSPS) is 24.7. The van der Waals surface area contributed by atoms with Gasteiger partial charge in [0.2, 0.25) is 5.91 Å². The molecule has 3 rings (SSSR count). The van der Waals surface area contributed by atoms with Crippen LogP contribution in [-0.2, 0) is 10.2 Å². The van der Waals surface area contributed by atoms with E-state index in [4.69, 9.17) is 0 Å². The fourth-order valence-corrected chi connectivity index (χ4v) is 3.70. The van der Waals surface area contributed by atoms with Gasteiger partial charge in [-0.05, 0) is 37.8 Å². The Morgan fingerprint density at radius 1 is 1.20 bits per heavy atom. The standard InChI is InChI=1S/C17H24N2O/c20-16(15-9-6-12-18-15)19-13-17(10-4-5-11-17)14-7-2-1-3-8-14/h1-3,7-8,15,18H,4-6,9-13H2,(H,19,20). The second-order valence-electron chi connectivity index (χ2n) is 6.22. The van der Waals surface area contributed by atoms with E-state index in [1.807, 2.05) is 0 Å². The van der Waals surface area contributed by atoms with E-state index in [0.29, 0.717) is 0 Å². The second kappa shape index (κ2) is 5.96. The Hall–Kier alpha value is -1.35. The van der Waals surface area contributed by atoms with Crippen LogP contribution in [0.4, 0.5) is 0 Å². The van der Waals surface area contributed by atoms with Gasteiger partial charge in [-0.15, -0.1) is 0 Å². The Bertz CT molecular complexity index is 445. The van der Waals surface area contributed by atoms with E-state index in [-0.39, 0.29) is 17.4 Å². The van der Waals surface area contributed by atoms with E-state index >= 15 is 0 Å². The molecule has 0 radical (unpaired) electrons. The van der Waals surface area contributed by atoms with Crippen LogP contribution in [0.3, 0.4) is 0 Å². The van der Waals surface area contributed by atoms with Gasteiger partial charge in [-0.25, -0.2) is 0 Å². The number of amides is 1. The van der Waals surface area contributed by atoms with Crippen LogP contribution in [0, 0.1) is 0 Å². The number of rotatable bonds is 4. The molecular formula is C17H24N2O. The highest BCUT2D eigenvalue weighted by Gasteiger charge is 2.36. The van der Waals surface area contributed by atoms with Gasteiger partial charge in [-0.2, -0.15) is 0 Å². The summed E-state index contributed by atoms with van der Waals surface area (Å²) in [6.45, 7) is 1.76. The monoisotopic (exact) mass is 272 g/mol. The van der Waals surface area contributed by atoms with Gasteiger partial charge in [-0.3, -0.25) is 4.79 Å². The number of hydrogen-bond acceptors (Lipinski definition) is 2. The Morgan fingerprint density at radius 2 is 1.95 bits per heavy atom. The number of nitrogens with one attached hydrogen (secondary N) is 2. The topological polar surface area (TPSA) is 41.1 Å². The molecule has 2 aliphatic rings. The fourth-order valence-electron chi connectivity index (χ4n) is 3.70. The largest absolute Gasteiger partial charge is 0.354 e. The molecule has 108 valence electrons. The van der Waals surface area contributed by atoms with Gasteiger partial charge in [0.1, 0.15) is 0 Å². The molecule has 1 unspecified atom stereocenters. The third kappa shape index (κ3) is 2.73. The van der Waals surface area contributed by atoms with Crippen LogP contribution >= 0.6 is 0 Å². The molecule has 1 aliphatic heterocycles. The molecule has 1 aromatic rings. The van der Waals surface area contributed by atoms with Crippen LogP contribution in [0.25, 0.3) is 0 Å². The summed E-state index contributed by atoms with van der Waals surface area (Å²) < 4.78 is 0. The maximum absolute atomic E-state index is 12.2. The molecule has 0 bridgehead atoms. The molecule has 1 aliphatic carbocycles. The minimum absolute atomic E-state index is 0.0317. The van der Waals surface area contributed by atoms with Crippen LogP contribution < -0.4 is 10.6 Å². The average Bonchev–Trinajstić information content (AvgIpc) is 3.18. The highest BCUT2D eigenvalue weighted by Crippen LogP contribution is 2.40. The van der Waals surface area contributed by atoms with Crippen molar-refractivity contribution in [1.29, 1.82) is 0 Å².